The van der Waals surface area contributed by atoms with E-state index in [9.17, 15) is 30.6 Å². The molecule has 8 aliphatic rings. The summed E-state index contributed by atoms with van der Waals surface area (Å²) in [5, 5.41) is 66.2. The quantitative estimate of drug-likeness (QED) is 0.254. The molecule has 0 radical (unpaired) electrons. The minimum absolute atomic E-state index is 0.0654. The van der Waals surface area contributed by atoms with Crippen LogP contribution in [-0.2, 0) is 18.9 Å². The lowest BCUT2D eigenvalue weighted by molar-refractivity contribution is -0.316. The number of aliphatic hydroxyl groups excluding tert-OH is 5. The third kappa shape index (κ3) is 3.56. The van der Waals surface area contributed by atoms with Gasteiger partial charge in [0.15, 0.2) is 12.1 Å². The highest BCUT2D eigenvalue weighted by molar-refractivity contribution is 5.34. The molecule has 5 saturated carbocycles. The maximum absolute atomic E-state index is 12.2. The minimum Gasteiger partial charge on any atom is -0.390 e. The van der Waals surface area contributed by atoms with Gasteiger partial charge in [-0.1, -0.05) is 20.8 Å². The molecule has 2 bridgehead atoms. The van der Waals surface area contributed by atoms with Gasteiger partial charge in [0.1, 0.15) is 23.9 Å². The van der Waals surface area contributed by atoms with Gasteiger partial charge in [0.25, 0.3) is 0 Å². The molecular formula is C35H56O10. The minimum atomic E-state index is -1.31. The zero-order chi connectivity index (χ0) is 32.4. The Morgan fingerprint density at radius 1 is 0.756 bits per heavy atom. The van der Waals surface area contributed by atoms with Crippen molar-refractivity contribution in [3.05, 3.63) is 0 Å². The molecule has 5 aliphatic carbocycles. The van der Waals surface area contributed by atoms with Crippen LogP contribution in [0, 0.1) is 44.8 Å². The first kappa shape index (κ1) is 31.8. The predicted molar refractivity (Wildman–Crippen MR) is 160 cm³/mol. The fraction of sp³-hybridized carbons (Fsp3) is 1.00. The van der Waals surface area contributed by atoms with Crippen LogP contribution >= 0.6 is 0 Å². The first-order chi connectivity index (χ1) is 20.9. The van der Waals surface area contributed by atoms with Crippen molar-refractivity contribution in [1.29, 1.82) is 0 Å². The molecule has 0 aromatic heterocycles. The van der Waals surface area contributed by atoms with Gasteiger partial charge in [0.05, 0.1) is 37.1 Å². The summed E-state index contributed by atoms with van der Waals surface area (Å²) in [4.78, 5) is 0. The monoisotopic (exact) mass is 636 g/mol. The van der Waals surface area contributed by atoms with Gasteiger partial charge in [0, 0.05) is 23.2 Å². The van der Waals surface area contributed by atoms with Crippen molar-refractivity contribution in [2.75, 3.05) is 13.2 Å². The standard InChI is InChI=1S/C35H56O10/c1-28(2)19-7-8-20-31(6)26(40)24(39)25-30(5)11-14-35(45-30,29(3,4)41)43-17-34(25,31)13-12-33(20)16-32(19,33)10-9-21(28)44-27-23(38)22(37)18(36)15-42-27/h18-27,36-41H,7-17H2,1-6H3/t18-,19+,20+,21+,22+,23-,24-,25-,26-,27+,30+,31-,32-,33+,34+,35+/m1/s1. The van der Waals surface area contributed by atoms with Gasteiger partial charge >= 0.3 is 0 Å². The van der Waals surface area contributed by atoms with Crippen LogP contribution in [0.2, 0.25) is 0 Å². The summed E-state index contributed by atoms with van der Waals surface area (Å²) < 4.78 is 25.6. The summed E-state index contributed by atoms with van der Waals surface area (Å²) in [6.07, 6.45) is 1.20. The van der Waals surface area contributed by atoms with Gasteiger partial charge in [-0.15, -0.1) is 0 Å². The number of fused-ring (bicyclic) bond motifs is 4. The van der Waals surface area contributed by atoms with Crippen LogP contribution in [0.1, 0.15) is 99.3 Å². The summed E-state index contributed by atoms with van der Waals surface area (Å²) in [7, 11) is 0. The third-order valence-corrected chi connectivity index (χ3v) is 16.1. The Morgan fingerprint density at radius 3 is 2.13 bits per heavy atom. The number of hydrogen-bond donors (Lipinski definition) is 6. The van der Waals surface area contributed by atoms with Crippen molar-refractivity contribution in [2.24, 2.45) is 44.8 Å². The average molecular weight is 637 g/mol. The second-order valence-electron chi connectivity index (χ2n) is 18.3. The van der Waals surface area contributed by atoms with Crippen molar-refractivity contribution in [3.63, 3.8) is 0 Å². The summed E-state index contributed by atoms with van der Waals surface area (Å²) in [6, 6.07) is 0. The molecule has 16 atom stereocenters. The maximum Gasteiger partial charge on any atom is 0.197 e. The second kappa shape index (κ2) is 9.23. The Labute approximate surface area is 266 Å². The molecule has 3 heterocycles. The van der Waals surface area contributed by atoms with Crippen LogP contribution in [-0.4, -0.2) is 104 Å². The van der Waals surface area contributed by atoms with Crippen LogP contribution in [0.15, 0.2) is 0 Å². The zero-order valence-electron chi connectivity index (χ0n) is 27.9. The van der Waals surface area contributed by atoms with Crippen molar-refractivity contribution >= 4 is 0 Å². The van der Waals surface area contributed by atoms with E-state index in [0.29, 0.717) is 25.4 Å². The van der Waals surface area contributed by atoms with Crippen molar-refractivity contribution in [1.82, 2.24) is 0 Å². The van der Waals surface area contributed by atoms with Crippen LogP contribution < -0.4 is 0 Å². The van der Waals surface area contributed by atoms with Crippen molar-refractivity contribution in [3.8, 4) is 0 Å². The average Bonchev–Trinajstić information content (AvgIpc) is 3.47. The zero-order valence-corrected chi connectivity index (χ0v) is 27.9. The third-order valence-electron chi connectivity index (χ3n) is 16.1. The number of hydrogen-bond acceptors (Lipinski definition) is 10. The first-order valence-corrected chi connectivity index (χ1v) is 17.6. The molecule has 45 heavy (non-hydrogen) atoms. The Balaban J connectivity index is 1.11. The molecule has 8 fully saturated rings. The molecule has 3 spiro atoms. The van der Waals surface area contributed by atoms with Gasteiger partial charge < -0.3 is 49.6 Å². The fourth-order valence-electron chi connectivity index (χ4n) is 13.9. The number of rotatable bonds is 3. The predicted octanol–water partition coefficient (Wildman–Crippen LogP) is 2.24. The fourth-order valence-corrected chi connectivity index (χ4v) is 13.9. The van der Waals surface area contributed by atoms with Gasteiger partial charge in [-0.25, -0.2) is 0 Å². The normalized spacial score (nSPS) is 61.3. The smallest absolute Gasteiger partial charge is 0.197 e. The van der Waals surface area contributed by atoms with E-state index in [1.54, 1.807) is 13.8 Å². The van der Waals surface area contributed by atoms with Crippen LogP contribution in [0.3, 0.4) is 0 Å². The van der Waals surface area contributed by atoms with E-state index >= 15 is 0 Å². The van der Waals surface area contributed by atoms with Gasteiger partial charge in [-0.3, -0.25) is 0 Å². The molecular weight excluding hydrogens is 580 g/mol. The molecule has 10 nitrogen and oxygen atoms in total. The van der Waals surface area contributed by atoms with Crippen LogP contribution in [0.4, 0.5) is 0 Å². The Bertz CT molecular complexity index is 1240. The largest absolute Gasteiger partial charge is 0.390 e. The number of ether oxygens (including phenoxy) is 4. The van der Waals surface area contributed by atoms with E-state index in [2.05, 4.69) is 27.7 Å². The summed E-state index contributed by atoms with van der Waals surface area (Å²) in [6.45, 7) is 12.6. The van der Waals surface area contributed by atoms with Crippen molar-refractivity contribution < 1.29 is 49.6 Å². The van der Waals surface area contributed by atoms with Crippen molar-refractivity contribution in [2.45, 2.75) is 159 Å². The van der Waals surface area contributed by atoms with E-state index in [1.807, 2.05) is 0 Å². The van der Waals surface area contributed by atoms with Gasteiger partial charge in [0.2, 0.25) is 0 Å². The Morgan fingerprint density at radius 2 is 1.42 bits per heavy atom. The lowest BCUT2D eigenvalue weighted by Crippen LogP contribution is -2.63. The van der Waals surface area contributed by atoms with E-state index in [1.165, 1.54) is 0 Å². The molecule has 6 N–H and O–H groups in total. The molecule has 8 rings (SSSR count). The molecule has 256 valence electrons. The maximum atomic E-state index is 12.2. The Kier molecular flexibility index (Phi) is 6.53. The van der Waals surface area contributed by atoms with E-state index in [-0.39, 0.29) is 40.8 Å². The molecule has 0 unspecified atom stereocenters. The molecule has 3 aliphatic heterocycles. The van der Waals surface area contributed by atoms with Crippen LogP contribution in [0.25, 0.3) is 0 Å². The second-order valence-corrected chi connectivity index (χ2v) is 18.3. The number of aliphatic hydroxyl groups is 6. The molecule has 10 heteroatoms. The SMILES string of the molecule is CC1(C)[C@@H](O[C@@H]2OC[C@@H](O)[C@H](O)[C@H]2O)CC[C@]23C[C@]24CC[C@]25CO[C@@]6(C(C)(C)O)CC[C@](C)(O6)[C@H]2[C@@H](O)[C@@H](O)[C@@]5(C)[C@@H]4CC[C@@H]13. The topological polar surface area (TPSA) is 158 Å². The van der Waals surface area contributed by atoms with E-state index in [4.69, 9.17) is 18.9 Å². The van der Waals surface area contributed by atoms with Crippen LogP contribution in [0.5, 0.6) is 0 Å². The van der Waals surface area contributed by atoms with Gasteiger partial charge in [-0.2, -0.15) is 0 Å². The highest BCUT2D eigenvalue weighted by atomic mass is 16.7. The van der Waals surface area contributed by atoms with E-state index < -0.39 is 64.6 Å². The first-order valence-electron chi connectivity index (χ1n) is 17.6. The van der Waals surface area contributed by atoms with E-state index in [0.717, 1.165) is 44.9 Å². The molecule has 0 aromatic rings. The summed E-state index contributed by atoms with van der Waals surface area (Å²) in [5.74, 6) is -0.821. The molecule has 0 aromatic carbocycles. The highest BCUT2D eigenvalue weighted by Crippen LogP contribution is 2.89. The highest BCUT2D eigenvalue weighted by Gasteiger charge is 2.87. The summed E-state index contributed by atoms with van der Waals surface area (Å²) >= 11 is 0. The lowest BCUT2D eigenvalue weighted by Gasteiger charge is -2.64. The Hall–Kier alpha value is -0.400. The summed E-state index contributed by atoms with van der Waals surface area (Å²) in [5.41, 5.74) is -3.01. The van der Waals surface area contributed by atoms with Gasteiger partial charge in [-0.05, 0) is 100 Å². The molecule has 3 saturated heterocycles. The lowest BCUT2D eigenvalue weighted by atomic mass is 9.41. The molecule has 0 amide bonds.